The highest BCUT2D eigenvalue weighted by molar-refractivity contribution is 7.97. The van der Waals surface area contributed by atoms with Gasteiger partial charge in [0.05, 0.1) is 12.0 Å². The Kier molecular flexibility index (Phi) is 4.50. The number of nitrogens with zero attached hydrogens (tertiary/aromatic N) is 1. The SMILES string of the molecule is CCNc1cc(CSCc2ccco2)ccn1. The first-order valence-corrected chi connectivity index (χ1v) is 6.83. The summed E-state index contributed by atoms with van der Waals surface area (Å²) >= 11 is 1.84. The highest BCUT2D eigenvalue weighted by Crippen LogP contribution is 2.19. The summed E-state index contributed by atoms with van der Waals surface area (Å²) in [6.07, 6.45) is 3.56. The van der Waals surface area contributed by atoms with Crippen LogP contribution in [0.2, 0.25) is 0 Å². The van der Waals surface area contributed by atoms with Crippen molar-refractivity contribution in [3.8, 4) is 0 Å². The van der Waals surface area contributed by atoms with E-state index in [0.29, 0.717) is 0 Å². The standard InChI is InChI=1S/C13H16N2OS/c1-2-14-13-8-11(5-6-15-13)9-17-10-12-4-3-7-16-12/h3-8H,2,9-10H2,1H3,(H,14,15). The van der Waals surface area contributed by atoms with Crippen molar-refractivity contribution in [1.29, 1.82) is 0 Å². The molecule has 0 saturated carbocycles. The molecule has 90 valence electrons. The molecular weight excluding hydrogens is 232 g/mol. The fraction of sp³-hybridized carbons (Fsp3) is 0.308. The van der Waals surface area contributed by atoms with Crippen molar-refractivity contribution in [2.45, 2.75) is 18.4 Å². The van der Waals surface area contributed by atoms with Gasteiger partial charge in [-0.2, -0.15) is 0 Å². The number of anilines is 1. The first-order chi connectivity index (χ1) is 8.38. The van der Waals surface area contributed by atoms with E-state index in [-0.39, 0.29) is 0 Å². The molecule has 3 nitrogen and oxygen atoms in total. The fourth-order valence-corrected chi connectivity index (χ4v) is 2.39. The third-order valence-electron chi connectivity index (χ3n) is 2.28. The smallest absolute Gasteiger partial charge is 0.126 e. The predicted molar refractivity (Wildman–Crippen MR) is 72.1 cm³/mol. The predicted octanol–water partition coefficient (Wildman–Crippen LogP) is 3.54. The van der Waals surface area contributed by atoms with Gasteiger partial charge in [0, 0.05) is 18.5 Å². The van der Waals surface area contributed by atoms with Crippen LogP contribution in [0.4, 0.5) is 5.82 Å². The Balaban J connectivity index is 1.84. The van der Waals surface area contributed by atoms with E-state index < -0.39 is 0 Å². The molecule has 0 spiro atoms. The second-order valence-electron chi connectivity index (χ2n) is 3.65. The van der Waals surface area contributed by atoms with Gasteiger partial charge in [0.1, 0.15) is 11.6 Å². The van der Waals surface area contributed by atoms with Crippen LogP contribution in [0.15, 0.2) is 41.1 Å². The molecule has 0 aromatic carbocycles. The quantitative estimate of drug-likeness (QED) is 0.848. The summed E-state index contributed by atoms with van der Waals surface area (Å²) in [5.41, 5.74) is 1.28. The van der Waals surface area contributed by atoms with E-state index in [9.17, 15) is 0 Å². The molecule has 4 heteroatoms. The van der Waals surface area contributed by atoms with Crippen LogP contribution in [0.1, 0.15) is 18.2 Å². The van der Waals surface area contributed by atoms with E-state index in [1.54, 1.807) is 6.26 Å². The highest BCUT2D eigenvalue weighted by atomic mass is 32.2. The lowest BCUT2D eigenvalue weighted by Gasteiger charge is -2.04. The van der Waals surface area contributed by atoms with Crippen LogP contribution in [0, 0.1) is 0 Å². The van der Waals surface area contributed by atoms with E-state index in [1.807, 2.05) is 30.1 Å². The van der Waals surface area contributed by atoms with Crippen LogP contribution < -0.4 is 5.32 Å². The van der Waals surface area contributed by atoms with E-state index in [1.165, 1.54) is 5.56 Å². The topological polar surface area (TPSA) is 38.1 Å². The molecule has 2 rings (SSSR count). The summed E-state index contributed by atoms with van der Waals surface area (Å²) < 4.78 is 5.29. The molecule has 0 aliphatic carbocycles. The van der Waals surface area contributed by atoms with Gasteiger partial charge in [-0.05, 0) is 36.8 Å². The van der Waals surface area contributed by atoms with Crippen LogP contribution in [0.3, 0.4) is 0 Å². The minimum absolute atomic E-state index is 0.899. The van der Waals surface area contributed by atoms with Crippen molar-refractivity contribution in [3.05, 3.63) is 48.0 Å². The molecule has 0 saturated heterocycles. The summed E-state index contributed by atoms with van der Waals surface area (Å²) in [4.78, 5) is 4.25. The van der Waals surface area contributed by atoms with Crippen molar-refractivity contribution in [1.82, 2.24) is 4.98 Å². The Bertz CT molecular complexity index is 442. The van der Waals surface area contributed by atoms with Crippen LogP contribution in [-0.2, 0) is 11.5 Å². The van der Waals surface area contributed by atoms with Crippen molar-refractivity contribution in [3.63, 3.8) is 0 Å². The number of nitrogens with one attached hydrogen (secondary N) is 1. The van der Waals surface area contributed by atoms with Gasteiger partial charge in [-0.1, -0.05) is 0 Å². The molecular formula is C13H16N2OS. The molecule has 0 atom stereocenters. The number of furan rings is 1. The average Bonchev–Trinajstić information content (AvgIpc) is 2.83. The van der Waals surface area contributed by atoms with Gasteiger partial charge >= 0.3 is 0 Å². The summed E-state index contributed by atoms with van der Waals surface area (Å²) in [5, 5.41) is 3.21. The van der Waals surface area contributed by atoms with Gasteiger partial charge in [-0.3, -0.25) is 0 Å². The maximum Gasteiger partial charge on any atom is 0.126 e. The van der Waals surface area contributed by atoms with E-state index in [0.717, 1.165) is 29.6 Å². The van der Waals surface area contributed by atoms with Crippen molar-refractivity contribution < 1.29 is 4.42 Å². The van der Waals surface area contributed by atoms with Crippen LogP contribution in [0.5, 0.6) is 0 Å². The van der Waals surface area contributed by atoms with Gasteiger partial charge in [-0.15, -0.1) is 11.8 Å². The normalized spacial score (nSPS) is 10.4. The fourth-order valence-electron chi connectivity index (χ4n) is 1.51. The number of hydrogen-bond acceptors (Lipinski definition) is 4. The third-order valence-corrected chi connectivity index (χ3v) is 3.30. The first-order valence-electron chi connectivity index (χ1n) is 5.67. The van der Waals surface area contributed by atoms with Gasteiger partial charge in [0.25, 0.3) is 0 Å². The molecule has 0 unspecified atom stereocenters. The van der Waals surface area contributed by atoms with Crippen LogP contribution in [-0.4, -0.2) is 11.5 Å². The molecule has 2 aromatic heterocycles. The number of rotatable bonds is 6. The van der Waals surface area contributed by atoms with E-state index in [2.05, 4.69) is 29.4 Å². The van der Waals surface area contributed by atoms with Gasteiger partial charge in [0.2, 0.25) is 0 Å². The minimum atomic E-state index is 0.899. The lowest BCUT2D eigenvalue weighted by Crippen LogP contribution is -1.99. The van der Waals surface area contributed by atoms with Crippen molar-refractivity contribution in [2.24, 2.45) is 0 Å². The maximum atomic E-state index is 5.29. The molecule has 17 heavy (non-hydrogen) atoms. The van der Waals surface area contributed by atoms with Gasteiger partial charge in [0.15, 0.2) is 0 Å². The molecule has 0 amide bonds. The van der Waals surface area contributed by atoms with Crippen LogP contribution >= 0.6 is 11.8 Å². The maximum absolute atomic E-state index is 5.29. The molecule has 0 radical (unpaired) electrons. The Morgan fingerprint density at radius 3 is 3.06 bits per heavy atom. The Morgan fingerprint density at radius 2 is 2.29 bits per heavy atom. The molecule has 0 bridgehead atoms. The van der Waals surface area contributed by atoms with Gasteiger partial charge < -0.3 is 9.73 Å². The van der Waals surface area contributed by atoms with Crippen LogP contribution in [0.25, 0.3) is 0 Å². The van der Waals surface area contributed by atoms with Gasteiger partial charge in [-0.25, -0.2) is 4.98 Å². The number of hydrogen-bond donors (Lipinski definition) is 1. The second kappa shape index (κ2) is 6.35. The summed E-state index contributed by atoms with van der Waals surface area (Å²) in [5.74, 6) is 3.85. The second-order valence-corrected chi connectivity index (χ2v) is 4.64. The highest BCUT2D eigenvalue weighted by Gasteiger charge is 1.99. The zero-order valence-electron chi connectivity index (χ0n) is 9.85. The largest absolute Gasteiger partial charge is 0.468 e. The summed E-state index contributed by atoms with van der Waals surface area (Å²) in [6, 6.07) is 8.07. The lowest BCUT2D eigenvalue weighted by molar-refractivity contribution is 0.530. The zero-order valence-corrected chi connectivity index (χ0v) is 10.7. The average molecular weight is 248 g/mol. The molecule has 0 fully saturated rings. The molecule has 0 aliphatic rings. The molecule has 2 aromatic rings. The van der Waals surface area contributed by atoms with E-state index >= 15 is 0 Å². The molecule has 0 aliphatic heterocycles. The Morgan fingerprint density at radius 1 is 1.35 bits per heavy atom. The number of aromatic nitrogens is 1. The third kappa shape index (κ3) is 3.82. The van der Waals surface area contributed by atoms with E-state index in [4.69, 9.17) is 4.42 Å². The summed E-state index contributed by atoms with van der Waals surface area (Å²) in [7, 11) is 0. The zero-order chi connectivity index (χ0) is 11.9. The monoisotopic (exact) mass is 248 g/mol. The number of thioether (sulfide) groups is 1. The Hall–Kier alpha value is -1.42. The van der Waals surface area contributed by atoms with Crippen molar-refractivity contribution >= 4 is 17.6 Å². The number of pyridine rings is 1. The lowest BCUT2D eigenvalue weighted by atomic mass is 10.3. The minimum Gasteiger partial charge on any atom is -0.468 e. The summed E-state index contributed by atoms with van der Waals surface area (Å²) in [6.45, 7) is 2.97. The first kappa shape index (κ1) is 12.0. The molecule has 1 N–H and O–H groups in total. The van der Waals surface area contributed by atoms with Crippen molar-refractivity contribution in [2.75, 3.05) is 11.9 Å². The Labute approximate surface area is 106 Å². The molecule has 2 heterocycles.